The number of unbranched alkanes of at least 4 members (excludes halogenated alkanes) is 6. The fraction of sp³-hybridized carbons (Fsp3) is 0.933. The molecule has 0 spiro atoms. The van der Waals surface area contributed by atoms with Crippen molar-refractivity contribution in [2.75, 3.05) is 0 Å². The van der Waals surface area contributed by atoms with Crippen molar-refractivity contribution in [1.82, 2.24) is 0 Å². The van der Waals surface area contributed by atoms with E-state index in [0.29, 0.717) is 4.16 Å². The van der Waals surface area contributed by atoms with Crippen LogP contribution in [0.4, 0.5) is 0 Å². The molecule has 0 bridgehead atoms. The molecule has 0 amide bonds. The number of halogens is 2. The molecule has 1 nitrogen and oxygen atoms in total. The Bertz CT molecular complexity index is 269. The molecule has 1 unspecified atom stereocenters. The number of nitrogens with zero attached hydrogens (tertiary/aromatic N) is 1. The van der Waals surface area contributed by atoms with Gasteiger partial charge in [0, 0.05) is 5.41 Å². The van der Waals surface area contributed by atoms with Crippen molar-refractivity contribution >= 4 is 48.4 Å². The summed E-state index contributed by atoms with van der Waals surface area (Å²) in [5.74, 6) is 0. The van der Waals surface area contributed by atoms with Gasteiger partial charge < -0.3 is 0 Å². The van der Waals surface area contributed by atoms with Gasteiger partial charge in [0.2, 0.25) is 0 Å². The van der Waals surface area contributed by atoms with Gasteiger partial charge >= 0.3 is 0 Å². The van der Waals surface area contributed by atoms with Crippen molar-refractivity contribution in [2.45, 2.75) is 82.2 Å². The summed E-state index contributed by atoms with van der Waals surface area (Å²) in [6.45, 7) is 4.55. The third-order valence-corrected chi connectivity index (χ3v) is 7.53. The van der Waals surface area contributed by atoms with Gasteiger partial charge in [0.1, 0.15) is 0 Å². The van der Waals surface area contributed by atoms with Gasteiger partial charge in [-0.2, -0.15) is 0 Å². The zero-order chi connectivity index (χ0) is 14.1. The van der Waals surface area contributed by atoms with Crippen LogP contribution in [0.3, 0.4) is 0 Å². The number of rotatable bonds is 10. The van der Waals surface area contributed by atoms with Crippen LogP contribution < -0.4 is 0 Å². The molecule has 0 aliphatic carbocycles. The summed E-state index contributed by atoms with van der Waals surface area (Å²) in [4.78, 5) is 0. The van der Waals surface area contributed by atoms with Crippen LogP contribution in [-0.4, -0.2) is 8.78 Å². The maximum atomic E-state index is 4.57. The molecule has 4 heteroatoms. The van der Waals surface area contributed by atoms with Gasteiger partial charge in [0.15, 0.2) is 0 Å². The summed E-state index contributed by atoms with van der Waals surface area (Å²) >= 11 is 9.30. The molecule has 0 saturated carbocycles. The fourth-order valence-electron chi connectivity index (χ4n) is 2.67. The lowest BCUT2D eigenvalue weighted by atomic mass is 9.80. The highest BCUT2D eigenvalue weighted by molar-refractivity contribution is 9.18. The Morgan fingerprint density at radius 1 is 1.00 bits per heavy atom. The highest BCUT2D eigenvalue weighted by Gasteiger charge is 2.44. The van der Waals surface area contributed by atoms with E-state index in [2.05, 4.69) is 50.1 Å². The van der Waals surface area contributed by atoms with Crippen molar-refractivity contribution in [2.24, 2.45) is 9.81 Å². The van der Waals surface area contributed by atoms with Crippen LogP contribution in [0.1, 0.15) is 78.1 Å². The normalized spacial score (nSPS) is 21.7. The molecule has 1 atom stereocenters. The number of hydrogen-bond acceptors (Lipinski definition) is 2. The lowest BCUT2D eigenvalue weighted by Gasteiger charge is -2.31. The topological polar surface area (TPSA) is 12.4 Å². The molecule has 0 aromatic rings. The summed E-state index contributed by atoms with van der Waals surface area (Å²) in [5.41, 5.74) is 0.256. The van der Waals surface area contributed by atoms with Gasteiger partial charge in [-0.1, -0.05) is 81.1 Å². The van der Waals surface area contributed by atoms with Gasteiger partial charge in [0.05, 0.1) is 8.78 Å². The average Bonchev–Trinajstić information content (AvgIpc) is 2.68. The Morgan fingerprint density at radius 2 is 1.53 bits per heavy atom. The highest BCUT2D eigenvalue weighted by atomic mass is 79.9. The summed E-state index contributed by atoms with van der Waals surface area (Å²) in [6.07, 6.45) is 13.3. The van der Waals surface area contributed by atoms with E-state index >= 15 is 0 Å². The highest BCUT2D eigenvalue weighted by Crippen LogP contribution is 2.52. The predicted molar refractivity (Wildman–Crippen MR) is 96.6 cm³/mol. The zero-order valence-electron chi connectivity index (χ0n) is 12.3. The van der Waals surface area contributed by atoms with E-state index in [0.717, 1.165) is 0 Å². The first-order chi connectivity index (χ1) is 9.17. The first kappa shape index (κ1) is 18.0. The minimum atomic E-state index is 0.256. The smallest absolute Gasteiger partial charge is 0.0994 e. The summed E-state index contributed by atoms with van der Waals surface area (Å²) in [6, 6.07) is 0. The van der Waals surface area contributed by atoms with Crippen molar-refractivity contribution < 1.29 is 0 Å². The van der Waals surface area contributed by atoms with Crippen molar-refractivity contribution in [3.8, 4) is 0 Å². The molecule has 19 heavy (non-hydrogen) atoms. The molecule has 1 aliphatic rings. The second-order valence-corrected chi connectivity index (χ2v) is 8.72. The molecule has 0 N–H and O–H groups in total. The monoisotopic (exact) mass is 411 g/mol. The van der Waals surface area contributed by atoms with Gasteiger partial charge in [-0.15, -0.1) is 0 Å². The van der Waals surface area contributed by atoms with E-state index < -0.39 is 0 Å². The third kappa shape index (κ3) is 5.35. The molecule has 1 heterocycles. The number of hydrogen-bond donors (Lipinski definition) is 0. The Hall–Kier alpha value is 0.980. The Morgan fingerprint density at radius 3 is 1.89 bits per heavy atom. The first-order valence-corrected chi connectivity index (χ1v) is 10.3. The van der Waals surface area contributed by atoms with Crippen LogP contribution in [0.2, 0.25) is 0 Å². The van der Waals surface area contributed by atoms with Crippen LogP contribution in [-0.2, 0) is 0 Å². The second-order valence-electron chi connectivity index (χ2n) is 5.58. The third-order valence-electron chi connectivity index (χ3n) is 4.02. The van der Waals surface area contributed by atoms with E-state index in [1.54, 1.807) is 11.9 Å². The summed E-state index contributed by atoms with van der Waals surface area (Å²) < 4.78 is 6.22. The maximum Gasteiger partial charge on any atom is 0.0994 e. The van der Waals surface area contributed by atoms with Gasteiger partial charge in [-0.25, -0.2) is 4.40 Å². The average molecular weight is 413 g/mol. The molecule has 1 aliphatic heterocycles. The maximum absolute atomic E-state index is 4.57. The first-order valence-electron chi connectivity index (χ1n) is 7.71. The van der Waals surface area contributed by atoms with Gasteiger partial charge in [0.25, 0.3) is 0 Å². The zero-order valence-corrected chi connectivity index (χ0v) is 16.2. The standard InChI is InChI=1S/C15H27Br2NS/c1-3-5-7-9-11-15(12-10-8-6-4-2)13(16)18-19-14(15)17/h14H,3-12H2,1-2H3. The van der Waals surface area contributed by atoms with Crippen molar-refractivity contribution in [3.05, 3.63) is 0 Å². The Balaban J connectivity index is 2.50. The molecular formula is C15H27Br2NS. The molecular weight excluding hydrogens is 386 g/mol. The van der Waals surface area contributed by atoms with Crippen LogP contribution in [0.15, 0.2) is 4.40 Å². The SMILES string of the molecule is CCCCCCC1(CCCCCC)C(Br)=NSC1Br. The molecule has 0 aromatic heterocycles. The summed E-state index contributed by atoms with van der Waals surface area (Å²) in [7, 11) is 0. The Labute approximate surface area is 140 Å². The summed E-state index contributed by atoms with van der Waals surface area (Å²) in [5, 5.41) is 0. The largest absolute Gasteiger partial charge is 0.212 e. The molecule has 112 valence electrons. The van der Waals surface area contributed by atoms with E-state index in [4.69, 9.17) is 0 Å². The Kier molecular flexibility index (Phi) is 9.33. The molecule has 0 saturated heterocycles. The van der Waals surface area contributed by atoms with E-state index in [1.165, 1.54) is 68.8 Å². The van der Waals surface area contributed by atoms with E-state index in [9.17, 15) is 0 Å². The lowest BCUT2D eigenvalue weighted by Crippen LogP contribution is -2.31. The number of alkyl halides is 1. The molecule has 0 radical (unpaired) electrons. The van der Waals surface area contributed by atoms with Crippen LogP contribution in [0.25, 0.3) is 0 Å². The lowest BCUT2D eigenvalue weighted by molar-refractivity contribution is 0.365. The van der Waals surface area contributed by atoms with Gasteiger partial charge in [-0.05, 0) is 40.7 Å². The minimum Gasteiger partial charge on any atom is -0.212 e. The van der Waals surface area contributed by atoms with Crippen molar-refractivity contribution in [1.29, 1.82) is 0 Å². The van der Waals surface area contributed by atoms with Crippen LogP contribution in [0.5, 0.6) is 0 Å². The molecule has 0 fully saturated rings. The molecule has 1 rings (SSSR count). The molecule has 0 aromatic carbocycles. The van der Waals surface area contributed by atoms with Crippen molar-refractivity contribution in [3.63, 3.8) is 0 Å². The predicted octanol–water partition coefficient (Wildman–Crippen LogP) is 7.09. The minimum absolute atomic E-state index is 0.256. The fourth-order valence-corrected chi connectivity index (χ4v) is 5.85. The van der Waals surface area contributed by atoms with Crippen LogP contribution >= 0.6 is 43.8 Å². The van der Waals surface area contributed by atoms with E-state index in [1.807, 2.05) is 0 Å². The quantitative estimate of drug-likeness (QED) is 0.212. The second kappa shape index (κ2) is 9.83. The van der Waals surface area contributed by atoms with E-state index in [-0.39, 0.29) is 5.41 Å². The van der Waals surface area contributed by atoms with Gasteiger partial charge in [-0.3, -0.25) is 0 Å². The van der Waals surface area contributed by atoms with Crippen LogP contribution in [0, 0.1) is 5.41 Å².